The van der Waals surface area contributed by atoms with E-state index < -0.39 is 34.8 Å². The Hall–Kier alpha value is -2.84. The Morgan fingerprint density at radius 1 is 1.29 bits per heavy atom. The number of nitro groups is 1. The minimum Gasteiger partial charge on any atom is -0.320 e. The van der Waals surface area contributed by atoms with Gasteiger partial charge < -0.3 is 5.32 Å². The summed E-state index contributed by atoms with van der Waals surface area (Å²) in [5.74, 6) is -0.809. The van der Waals surface area contributed by atoms with Gasteiger partial charge in [0.05, 0.1) is 22.1 Å². The molecule has 1 N–H and O–H groups in total. The van der Waals surface area contributed by atoms with Crippen molar-refractivity contribution in [2.75, 3.05) is 11.6 Å². The number of nitrogens with one attached hydrogen (secondary N) is 1. The van der Waals surface area contributed by atoms with Gasteiger partial charge in [-0.15, -0.1) is 11.8 Å². The van der Waals surface area contributed by atoms with Crippen LogP contribution in [-0.2, 0) is 5.67 Å². The van der Waals surface area contributed by atoms with Crippen LogP contribution < -0.4 is 5.32 Å². The monoisotopic (exact) mass is 475 g/mol. The Kier molecular flexibility index (Phi) is 7.18. The molecule has 0 aliphatic heterocycles. The van der Waals surface area contributed by atoms with E-state index >= 15 is 0 Å². The van der Waals surface area contributed by atoms with Crippen LogP contribution in [0, 0.1) is 21.4 Å². The predicted molar refractivity (Wildman–Crippen MR) is 108 cm³/mol. The lowest BCUT2D eigenvalue weighted by Gasteiger charge is -2.24. The van der Waals surface area contributed by atoms with E-state index in [0.29, 0.717) is 0 Å². The molecule has 6 nitrogen and oxygen atoms in total. The van der Waals surface area contributed by atoms with E-state index in [0.717, 1.165) is 43.0 Å². The van der Waals surface area contributed by atoms with Crippen LogP contribution in [0.4, 0.5) is 28.9 Å². The highest BCUT2D eigenvalue weighted by Crippen LogP contribution is 2.43. The molecule has 0 aliphatic carbocycles. The third-order valence-corrected chi connectivity index (χ3v) is 5.28. The summed E-state index contributed by atoms with van der Waals surface area (Å²) >= 11 is 7.14. The Morgan fingerprint density at radius 3 is 2.45 bits per heavy atom. The lowest BCUT2D eigenvalue weighted by Crippen LogP contribution is -2.25. The molecule has 0 saturated carbocycles. The first-order valence-corrected chi connectivity index (χ1v) is 10.0. The van der Waals surface area contributed by atoms with Crippen molar-refractivity contribution >= 4 is 40.6 Å². The van der Waals surface area contributed by atoms with Crippen LogP contribution in [-0.4, -0.2) is 23.3 Å². The molecule has 2 aromatic rings. The second-order valence-corrected chi connectivity index (χ2v) is 7.83. The SMILES string of the molecule is CSc1cc(C(C)(F)CC(F)(F)F)cc(Cl)c1NC(=O)c1ccc(C#N)c([N+](=O)[O-])c1. The topological polar surface area (TPSA) is 96.0 Å². The number of carbonyl (C=O) groups is 1. The van der Waals surface area contributed by atoms with E-state index in [9.17, 15) is 32.5 Å². The number of carbonyl (C=O) groups excluding carboxylic acids is 1. The number of anilines is 1. The number of nitrogens with zero attached hydrogens (tertiary/aromatic N) is 2. The summed E-state index contributed by atoms with van der Waals surface area (Å²) in [5, 5.41) is 22.2. The zero-order valence-corrected chi connectivity index (χ0v) is 17.6. The number of hydrogen-bond donors (Lipinski definition) is 1. The standard InChI is InChI=1S/C19H14ClF4N3O3S/c1-18(21,9-19(22,23)24)12-6-13(20)16(15(7-12)31-2)26-17(28)10-3-4-11(8-25)14(5-10)27(29)30/h3-7H,9H2,1-2H3,(H,26,28). The molecular formula is C19H14ClF4N3O3S. The second kappa shape index (κ2) is 9.11. The third kappa shape index (κ3) is 5.86. The van der Waals surface area contributed by atoms with Crippen molar-refractivity contribution in [2.45, 2.75) is 30.1 Å². The van der Waals surface area contributed by atoms with Crippen LogP contribution in [0.2, 0.25) is 5.02 Å². The number of amides is 1. The molecule has 2 rings (SSSR count). The highest BCUT2D eigenvalue weighted by Gasteiger charge is 2.41. The number of nitriles is 1. The molecule has 2 aromatic carbocycles. The summed E-state index contributed by atoms with van der Waals surface area (Å²) in [7, 11) is 0. The van der Waals surface area contributed by atoms with Crippen molar-refractivity contribution in [3.05, 3.63) is 62.2 Å². The molecular weight excluding hydrogens is 462 g/mol. The average molecular weight is 476 g/mol. The van der Waals surface area contributed by atoms with Crippen LogP contribution in [0.3, 0.4) is 0 Å². The molecule has 0 saturated heterocycles. The van der Waals surface area contributed by atoms with Gasteiger partial charge in [0.1, 0.15) is 17.3 Å². The average Bonchev–Trinajstić information content (AvgIpc) is 2.66. The number of benzene rings is 2. The van der Waals surface area contributed by atoms with E-state index in [-0.39, 0.29) is 32.3 Å². The molecule has 0 aromatic heterocycles. The van der Waals surface area contributed by atoms with Gasteiger partial charge in [0.2, 0.25) is 0 Å². The summed E-state index contributed by atoms with van der Waals surface area (Å²) in [5.41, 5.74) is -4.00. The molecule has 0 radical (unpaired) electrons. The molecule has 12 heteroatoms. The van der Waals surface area contributed by atoms with Crippen molar-refractivity contribution in [3.8, 4) is 6.07 Å². The quantitative estimate of drug-likeness (QED) is 0.231. The number of thioether (sulfide) groups is 1. The van der Waals surface area contributed by atoms with Crippen molar-refractivity contribution in [2.24, 2.45) is 0 Å². The van der Waals surface area contributed by atoms with Gasteiger partial charge in [-0.25, -0.2) is 4.39 Å². The van der Waals surface area contributed by atoms with Crippen molar-refractivity contribution in [3.63, 3.8) is 0 Å². The smallest absolute Gasteiger partial charge is 0.320 e. The summed E-state index contributed by atoms with van der Waals surface area (Å²) < 4.78 is 52.8. The normalized spacial score (nSPS) is 13.2. The molecule has 0 bridgehead atoms. The Bertz CT molecular complexity index is 1080. The van der Waals surface area contributed by atoms with Gasteiger partial charge >= 0.3 is 6.18 Å². The number of hydrogen-bond acceptors (Lipinski definition) is 5. The van der Waals surface area contributed by atoms with Crippen molar-refractivity contribution < 1.29 is 27.3 Å². The largest absolute Gasteiger partial charge is 0.392 e. The lowest BCUT2D eigenvalue weighted by molar-refractivity contribution is -0.385. The zero-order chi connectivity index (χ0) is 23.6. The predicted octanol–water partition coefficient (Wildman–Crippen LogP) is 6.23. The van der Waals surface area contributed by atoms with Crippen molar-refractivity contribution in [1.29, 1.82) is 5.26 Å². The van der Waals surface area contributed by atoms with Gasteiger partial charge in [-0.2, -0.15) is 18.4 Å². The second-order valence-electron chi connectivity index (χ2n) is 6.58. The van der Waals surface area contributed by atoms with E-state index in [1.165, 1.54) is 6.07 Å². The minimum atomic E-state index is -4.74. The number of alkyl halides is 4. The number of nitro benzene ring substituents is 1. The minimum absolute atomic E-state index is 0.0118. The fourth-order valence-corrected chi connectivity index (χ4v) is 3.68. The van der Waals surface area contributed by atoms with Crippen LogP contribution in [0.15, 0.2) is 35.2 Å². The highest BCUT2D eigenvalue weighted by atomic mass is 35.5. The zero-order valence-electron chi connectivity index (χ0n) is 16.0. The molecule has 1 unspecified atom stereocenters. The Labute approximate surface area is 183 Å². The number of rotatable bonds is 6. The third-order valence-electron chi connectivity index (χ3n) is 4.22. The maximum Gasteiger partial charge on any atom is 0.392 e. The van der Waals surface area contributed by atoms with Gasteiger partial charge in [-0.1, -0.05) is 11.6 Å². The molecule has 1 atom stereocenters. The van der Waals surface area contributed by atoms with Gasteiger partial charge in [0, 0.05) is 16.5 Å². The fourth-order valence-electron chi connectivity index (χ4n) is 2.75. The van der Waals surface area contributed by atoms with E-state index in [1.54, 1.807) is 12.3 Å². The summed E-state index contributed by atoms with van der Waals surface area (Å²) in [6.07, 6.45) is -4.91. The molecule has 0 heterocycles. The molecule has 1 amide bonds. The first-order chi connectivity index (χ1) is 14.3. The molecule has 0 fully saturated rings. The first-order valence-electron chi connectivity index (χ1n) is 8.42. The van der Waals surface area contributed by atoms with Gasteiger partial charge in [0.25, 0.3) is 11.6 Å². The van der Waals surface area contributed by atoms with E-state index in [1.807, 2.05) is 0 Å². The molecule has 0 aliphatic rings. The van der Waals surface area contributed by atoms with Gasteiger partial charge in [-0.05, 0) is 43.0 Å². The maximum absolute atomic E-state index is 14.7. The highest BCUT2D eigenvalue weighted by molar-refractivity contribution is 7.98. The molecule has 0 spiro atoms. The molecule has 31 heavy (non-hydrogen) atoms. The van der Waals surface area contributed by atoms with E-state index in [4.69, 9.17) is 16.9 Å². The van der Waals surface area contributed by atoms with Crippen LogP contribution >= 0.6 is 23.4 Å². The Balaban J connectivity index is 2.42. The van der Waals surface area contributed by atoms with Gasteiger partial charge in [0.15, 0.2) is 0 Å². The van der Waals surface area contributed by atoms with Crippen molar-refractivity contribution in [1.82, 2.24) is 0 Å². The fraction of sp³-hybridized carbons (Fsp3) is 0.263. The Morgan fingerprint density at radius 2 is 1.94 bits per heavy atom. The lowest BCUT2D eigenvalue weighted by atomic mass is 9.94. The van der Waals surface area contributed by atoms with Crippen LogP contribution in [0.25, 0.3) is 0 Å². The first kappa shape index (κ1) is 24.4. The summed E-state index contributed by atoms with van der Waals surface area (Å²) in [4.78, 5) is 23.0. The summed E-state index contributed by atoms with van der Waals surface area (Å²) in [6, 6.07) is 7.01. The number of halogens is 5. The van der Waals surface area contributed by atoms with Crippen LogP contribution in [0.5, 0.6) is 0 Å². The van der Waals surface area contributed by atoms with E-state index in [2.05, 4.69) is 5.32 Å². The van der Waals surface area contributed by atoms with Gasteiger partial charge in [-0.3, -0.25) is 14.9 Å². The summed E-state index contributed by atoms with van der Waals surface area (Å²) in [6.45, 7) is 0.782. The van der Waals surface area contributed by atoms with Crippen LogP contribution in [0.1, 0.15) is 34.8 Å². The molecule has 164 valence electrons. The maximum atomic E-state index is 14.7.